The molecule has 4 N–H and O–H groups in total. The van der Waals surface area contributed by atoms with E-state index in [-0.39, 0.29) is 30.9 Å². The molecule has 6 nitrogen and oxygen atoms in total. The zero-order valence-electron chi connectivity index (χ0n) is 13.4. The molecule has 1 aliphatic rings. The van der Waals surface area contributed by atoms with Crippen LogP contribution in [0, 0.1) is 0 Å². The summed E-state index contributed by atoms with van der Waals surface area (Å²) in [6.45, 7) is 2.45. The Morgan fingerprint density at radius 2 is 1.88 bits per heavy atom. The molecule has 0 spiro atoms. The number of hydrogen-bond acceptors (Lipinski definition) is 4. The number of likely N-dealkylation sites (tertiary alicyclic amines) is 1. The summed E-state index contributed by atoms with van der Waals surface area (Å²) < 4.78 is 0. The summed E-state index contributed by atoms with van der Waals surface area (Å²) in [5.74, 6) is -0.513. The second-order valence-corrected chi connectivity index (χ2v) is 6.66. The molecule has 24 heavy (non-hydrogen) atoms. The minimum atomic E-state index is -0.332. The van der Waals surface area contributed by atoms with Crippen LogP contribution < -0.4 is 16.4 Å². The summed E-state index contributed by atoms with van der Waals surface area (Å²) in [5, 5.41) is 6.53. The van der Waals surface area contributed by atoms with Crippen molar-refractivity contribution in [3.8, 4) is 0 Å². The molecular weight excluding hydrogens is 351 g/mol. The third-order valence-corrected chi connectivity index (χ3v) is 4.71. The molecule has 8 heteroatoms. The van der Waals surface area contributed by atoms with Crippen molar-refractivity contribution in [2.75, 3.05) is 26.2 Å². The molecule has 0 saturated carbocycles. The second kappa shape index (κ2) is 9.22. The number of rotatable bonds is 6. The number of carbonyl (C=O) groups excluding carboxylic acids is 2. The van der Waals surface area contributed by atoms with Gasteiger partial charge in [0, 0.05) is 25.7 Å². The maximum Gasteiger partial charge on any atom is 0.239 e. The molecule has 1 aromatic rings. The van der Waals surface area contributed by atoms with Gasteiger partial charge in [0.05, 0.1) is 23.1 Å². The van der Waals surface area contributed by atoms with E-state index in [0.29, 0.717) is 10.0 Å². The fraction of sp³-hybridized carbons (Fsp3) is 0.500. The highest BCUT2D eigenvalue weighted by Crippen LogP contribution is 2.24. The van der Waals surface area contributed by atoms with Crippen LogP contribution in [0.5, 0.6) is 0 Å². The first-order valence-corrected chi connectivity index (χ1v) is 8.66. The molecule has 0 radical (unpaired) electrons. The first-order chi connectivity index (χ1) is 11.5. The smallest absolute Gasteiger partial charge is 0.239 e. The Bertz CT molecular complexity index is 589. The second-order valence-electron chi connectivity index (χ2n) is 5.85. The van der Waals surface area contributed by atoms with Gasteiger partial charge in [-0.2, -0.15) is 0 Å². The van der Waals surface area contributed by atoms with E-state index in [9.17, 15) is 9.59 Å². The van der Waals surface area contributed by atoms with Gasteiger partial charge in [0.25, 0.3) is 0 Å². The Kier molecular flexibility index (Phi) is 7.30. The zero-order chi connectivity index (χ0) is 17.5. The van der Waals surface area contributed by atoms with Crippen LogP contribution in [0.2, 0.25) is 10.0 Å². The maximum atomic E-state index is 11.8. The van der Waals surface area contributed by atoms with Crippen LogP contribution in [-0.4, -0.2) is 48.9 Å². The van der Waals surface area contributed by atoms with Gasteiger partial charge in [-0.15, -0.1) is 0 Å². The molecular formula is C16H22Cl2N4O2. The van der Waals surface area contributed by atoms with Crippen LogP contribution in [-0.2, 0) is 16.1 Å². The minimum Gasteiger partial charge on any atom is -0.352 e. The van der Waals surface area contributed by atoms with E-state index >= 15 is 0 Å². The van der Waals surface area contributed by atoms with Crippen molar-refractivity contribution in [2.24, 2.45) is 5.73 Å². The predicted molar refractivity (Wildman–Crippen MR) is 95.0 cm³/mol. The van der Waals surface area contributed by atoms with Crippen molar-refractivity contribution in [3.05, 3.63) is 33.8 Å². The SMILES string of the molecule is NCC(=O)NCC(=O)NC1CCN(Cc2ccc(Cl)c(Cl)c2)CC1. The summed E-state index contributed by atoms with van der Waals surface area (Å²) in [6.07, 6.45) is 1.75. The fourth-order valence-electron chi connectivity index (χ4n) is 2.66. The molecule has 2 rings (SSSR count). The van der Waals surface area contributed by atoms with Gasteiger partial charge in [0.2, 0.25) is 11.8 Å². The molecule has 1 saturated heterocycles. The van der Waals surface area contributed by atoms with E-state index in [0.717, 1.165) is 38.0 Å². The molecule has 132 valence electrons. The van der Waals surface area contributed by atoms with Gasteiger partial charge >= 0.3 is 0 Å². The first-order valence-electron chi connectivity index (χ1n) is 7.90. The highest BCUT2D eigenvalue weighted by molar-refractivity contribution is 6.42. The molecule has 1 aromatic carbocycles. The van der Waals surface area contributed by atoms with Crippen LogP contribution in [0.15, 0.2) is 18.2 Å². The third-order valence-electron chi connectivity index (χ3n) is 3.97. The number of halogens is 2. The van der Waals surface area contributed by atoms with Gasteiger partial charge in [0.1, 0.15) is 0 Å². The number of nitrogens with one attached hydrogen (secondary N) is 2. The van der Waals surface area contributed by atoms with Gasteiger partial charge in [-0.25, -0.2) is 0 Å². The number of benzene rings is 1. The number of nitrogens with two attached hydrogens (primary N) is 1. The van der Waals surface area contributed by atoms with Gasteiger partial charge in [-0.1, -0.05) is 29.3 Å². The highest BCUT2D eigenvalue weighted by atomic mass is 35.5. The van der Waals surface area contributed by atoms with Gasteiger partial charge in [-0.3, -0.25) is 14.5 Å². The fourth-order valence-corrected chi connectivity index (χ4v) is 2.98. The molecule has 2 amide bonds. The van der Waals surface area contributed by atoms with Crippen LogP contribution in [0.25, 0.3) is 0 Å². The van der Waals surface area contributed by atoms with Gasteiger partial charge in [0.15, 0.2) is 0 Å². The molecule has 0 unspecified atom stereocenters. The van der Waals surface area contributed by atoms with E-state index in [2.05, 4.69) is 15.5 Å². The highest BCUT2D eigenvalue weighted by Gasteiger charge is 2.21. The normalized spacial score (nSPS) is 16.0. The summed E-state index contributed by atoms with van der Waals surface area (Å²) in [5.41, 5.74) is 6.30. The van der Waals surface area contributed by atoms with Crippen molar-refractivity contribution >= 4 is 35.0 Å². The average molecular weight is 373 g/mol. The number of hydrogen-bond donors (Lipinski definition) is 3. The summed E-state index contributed by atoms with van der Waals surface area (Å²) in [7, 11) is 0. The van der Waals surface area contributed by atoms with Crippen LogP contribution in [0.3, 0.4) is 0 Å². The number of carbonyl (C=O) groups is 2. The van der Waals surface area contributed by atoms with E-state index < -0.39 is 0 Å². The lowest BCUT2D eigenvalue weighted by atomic mass is 10.0. The van der Waals surface area contributed by atoms with Crippen molar-refractivity contribution in [1.29, 1.82) is 0 Å². The van der Waals surface area contributed by atoms with Gasteiger partial charge < -0.3 is 16.4 Å². The largest absolute Gasteiger partial charge is 0.352 e. The quantitative estimate of drug-likeness (QED) is 0.698. The Morgan fingerprint density at radius 1 is 1.17 bits per heavy atom. The molecule has 1 heterocycles. The lowest BCUT2D eigenvalue weighted by Crippen LogP contribution is -2.47. The van der Waals surface area contributed by atoms with Crippen molar-refractivity contribution in [2.45, 2.75) is 25.4 Å². The van der Waals surface area contributed by atoms with E-state index in [1.54, 1.807) is 0 Å². The van der Waals surface area contributed by atoms with Crippen molar-refractivity contribution in [3.63, 3.8) is 0 Å². The Morgan fingerprint density at radius 3 is 2.50 bits per heavy atom. The van der Waals surface area contributed by atoms with E-state index in [1.165, 1.54) is 0 Å². The standard InChI is InChI=1S/C16H22Cl2N4O2/c17-13-2-1-11(7-14(13)18)10-22-5-3-12(4-6-22)21-16(24)9-20-15(23)8-19/h1-2,7,12H,3-6,8-10,19H2,(H,20,23)(H,21,24). The lowest BCUT2D eigenvalue weighted by molar-refractivity contribution is -0.125. The van der Waals surface area contributed by atoms with Crippen molar-refractivity contribution < 1.29 is 9.59 Å². The lowest BCUT2D eigenvalue weighted by Gasteiger charge is -2.32. The summed E-state index contributed by atoms with van der Waals surface area (Å²) in [6, 6.07) is 5.80. The summed E-state index contributed by atoms with van der Waals surface area (Å²) >= 11 is 12.0. The van der Waals surface area contributed by atoms with E-state index in [1.807, 2.05) is 18.2 Å². The number of amides is 2. The number of piperidine rings is 1. The zero-order valence-corrected chi connectivity index (χ0v) is 14.9. The number of nitrogens with zero attached hydrogens (tertiary/aromatic N) is 1. The Hall–Kier alpha value is -1.34. The maximum absolute atomic E-state index is 11.8. The summed E-state index contributed by atoms with van der Waals surface area (Å²) in [4.78, 5) is 25.1. The van der Waals surface area contributed by atoms with Crippen molar-refractivity contribution in [1.82, 2.24) is 15.5 Å². The van der Waals surface area contributed by atoms with E-state index in [4.69, 9.17) is 28.9 Å². The van der Waals surface area contributed by atoms with Crippen LogP contribution in [0.1, 0.15) is 18.4 Å². The van der Waals surface area contributed by atoms with Crippen LogP contribution >= 0.6 is 23.2 Å². The first kappa shape index (κ1) is 19.0. The van der Waals surface area contributed by atoms with Crippen LogP contribution in [0.4, 0.5) is 0 Å². The molecule has 0 atom stereocenters. The third kappa shape index (κ3) is 5.94. The molecule has 0 aliphatic carbocycles. The Balaban J connectivity index is 1.72. The molecule has 1 aliphatic heterocycles. The molecule has 0 aromatic heterocycles. The molecule has 1 fully saturated rings. The average Bonchev–Trinajstić information content (AvgIpc) is 2.58. The topological polar surface area (TPSA) is 87.5 Å². The molecule has 0 bridgehead atoms. The predicted octanol–water partition coefficient (Wildman–Crippen LogP) is 1.15. The van der Waals surface area contributed by atoms with Gasteiger partial charge in [-0.05, 0) is 30.5 Å². The monoisotopic (exact) mass is 372 g/mol. The minimum absolute atomic E-state index is 0.0283. The Labute approximate surface area is 151 Å².